The fourth-order valence-corrected chi connectivity index (χ4v) is 21.3. The number of hydrogen-bond donors (Lipinski definition) is 0. The summed E-state index contributed by atoms with van der Waals surface area (Å²) in [6, 6.07) is 151. The van der Waals surface area contributed by atoms with Gasteiger partial charge in [-0.3, -0.25) is 0 Å². The third-order valence-corrected chi connectivity index (χ3v) is 27.3. The van der Waals surface area contributed by atoms with Crippen molar-refractivity contribution in [3.63, 3.8) is 0 Å². The van der Waals surface area contributed by atoms with Crippen molar-refractivity contribution in [2.24, 2.45) is 0 Å². The summed E-state index contributed by atoms with van der Waals surface area (Å²) in [5, 5.41) is 13.3. The maximum atomic E-state index is 2.37. The van der Waals surface area contributed by atoms with Gasteiger partial charge in [-0.05, 0) is 288 Å². The smallest absolute Gasteiger partial charge is 0.0725 e. The summed E-state index contributed by atoms with van der Waals surface area (Å²) >= 11 is 0. The molecule has 0 fully saturated rings. The molecule has 0 radical (unpaired) electrons. The molecule has 0 aliphatic heterocycles. The molecular weight excluding hydrogens is 1600 g/mol. The number of aromatic nitrogens is 5. The Morgan fingerprint density at radius 3 is 0.955 bits per heavy atom. The van der Waals surface area contributed by atoms with Crippen LogP contribution in [0, 0.1) is 83.1 Å². The molecule has 5 nitrogen and oxygen atoms in total. The molecule has 0 N–H and O–H groups in total. The first-order valence-electron chi connectivity index (χ1n) is 46.2. The average molecular weight is 1700 g/mol. The first-order chi connectivity index (χ1) is 64.5. The zero-order valence-corrected chi connectivity index (χ0v) is 77.1. The van der Waals surface area contributed by atoms with Crippen LogP contribution in [-0.4, -0.2) is 22.8 Å². The van der Waals surface area contributed by atoms with E-state index in [1.54, 1.807) is 0 Å². The highest BCUT2D eigenvalue weighted by Gasteiger charge is 2.52. The highest BCUT2D eigenvalue weighted by Crippen LogP contribution is 2.64. The van der Waals surface area contributed by atoms with Gasteiger partial charge >= 0.3 is 0 Å². The summed E-state index contributed by atoms with van der Waals surface area (Å²) in [5.41, 5.74) is 45.7. The minimum atomic E-state index is -0.199. The fraction of sp³-hybridized carbons (Fsp3) is 0.102. The van der Waals surface area contributed by atoms with Crippen LogP contribution in [0.1, 0.15) is 89.0 Å². The lowest BCUT2D eigenvalue weighted by Gasteiger charge is -2.30. The van der Waals surface area contributed by atoms with Crippen LogP contribution in [0.3, 0.4) is 0 Å². The third kappa shape index (κ3) is 14.4. The Morgan fingerprint density at radius 2 is 0.470 bits per heavy atom. The van der Waals surface area contributed by atoms with E-state index in [9.17, 15) is 0 Å². The van der Waals surface area contributed by atoms with Gasteiger partial charge in [-0.25, -0.2) is 0 Å². The minimum Gasteiger partial charge on any atom is -0.309 e. The topological polar surface area (TPSA) is 24.6 Å². The van der Waals surface area contributed by atoms with Crippen molar-refractivity contribution < 1.29 is 0 Å². The standard InChI is InChI=1S/C27H20.5C20H17N/c1-17-9-7-15-23-25(17)19-11-3-5-13-21(19)27(23)22-14-6-4-12-20(22)26-18(2)10-8-16-24(26)27;1-14-11-12-20-17(13-14)16-8-4-6-10-19(16)21(20)18-9-5-3-7-15(18)2;1-14-6-5-7-16(12-14)21-19-9-4-3-8-17(19)18-13-15(2)10-11-20(18)21;1-14-10-12-16(13-11-14)21-19-9-4-3-7-17(19)18-8-5-6-15(2)20(18)21;1-14-10-12-16(13-11-14)21-18-8-4-3-7-17(18)20-15(2)6-5-9-19(20)21;1-14-7-10-16(11-8-14)21-19-6-4-3-5-17(19)18-13-15(2)9-12-20(18)21/h3-16H,1-2H3;5*3-13H,1-2H3. The summed E-state index contributed by atoms with van der Waals surface area (Å²) in [4.78, 5) is 0. The second kappa shape index (κ2) is 34.3. The van der Waals surface area contributed by atoms with Crippen LogP contribution in [0.2, 0.25) is 0 Å². The quantitative estimate of drug-likeness (QED) is 0.164. The second-order valence-electron chi connectivity index (χ2n) is 36.2. The van der Waals surface area contributed by atoms with Crippen molar-refractivity contribution in [2.45, 2.75) is 88.5 Å². The molecule has 19 aromatic carbocycles. The molecule has 5 heteroatoms. The zero-order valence-electron chi connectivity index (χ0n) is 77.1. The van der Waals surface area contributed by atoms with Crippen LogP contribution >= 0.6 is 0 Å². The Morgan fingerprint density at radius 1 is 0.167 bits per heavy atom. The van der Waals surface area contributed by atoms with Gasteiger partial charge in [-0.2, -0.15) is 0 Å². The Balaban J connectivity index is 0.0000000957. The van der Waals surface area contributed by atoms with Crippen LogP contribution in [0.5, 0.6) is 0 Å². The SMILES string of the molecule is Cc1ccc(-n2c3ccccc3c3c(C)cccc32)cc1.Cc1ccc(-n2c3ccccc3c3cc(C)ccc32)cc1.Cc1ccc(-n2c3ccccc3c3cccc(C)c32)cc1.Cc1ccc2c(c1)c1ccccc1n2-c1ccccc1C.Cc1cccc(-n2c3ccccc3c3cc(C)ccc32)c1.Cc1cccc2c1-c1ccccc1C21c2ccccc2-c2c(C)cccc21. The van der Waals surface area contributed by atoms with Crippen LogP contribution in [0.15, 0.2) is 419 Å². The zero-order chi connectivity index (χ0) is 90.2. The molecule has 0 atom stereocenters. The first-order valence-corrected chi connectivity index (χ1v) is 46.2. The molecule has 0 unspecified atom stereocenters. The van der Waals surface area contributed by atoms with Crippen molar-refractivity contribution in [3.8, 4) is 50.7 Å². The van der Waals surface area contributed by atoms with Gasteiger partial charge in [0.2, 0.25) is 0 Å². The van der Waals surface area contributed by atoms with Gasteiger partial charge in [0.1, 0.15) is 0 Å². The number of para-hydroxylation sites is 7. The normalized spacial score (nSPS) is 12.0. The van der Waals surface area contributed by atoms with Crippen molar-refractivity contribution in [2.75, 3.05) is 0 Å². The molecule has 638 valence electrons. The highest BCUT2D eigenvalue weighted by atomic mass is 15.0. The van der Waals surface area contributed by atoms with Gasteiger partial charge < -0.3 is 22.8 Å². The molecule has 26 rings (SSSR count). The van der Waals surface area contributed by atoms with E-state index in [1.165, 1.54) is 249 Å². The average Bonchev–Trinajstić information content (AvgIpc) is 1.50. The maximum Gasteiger partial charge on any atom is 0.0725 e. The molecule has 2 aliphatic rings. The largest absolute Gasteiger partial charge is 0.309 e. The van der Waals surface area contributed by atoms with Gasteiger partial charge in [-0.1, -0.05) is 325 Å². The molecule has 132 heavy (non-hydrogen) atoms. The van der Waals surface area contributed by atoms with Gasteiger partial charge in [-0.15, -0.1) is 0 Å². The molecule has 1 spiro atoms. The van der Waals surface area contributed by atoms with E-state index in [4.69, 9.17) is 0 Å². The van der Waals surface area contributed by atoms with Crippen molar-refractivity contribution in [3.05, 3.63) is 508 Å². The Kier molecular flexibility index (Phi) is 21.6. The number of aryl methyl sites for hydroxylation is 12. The minimum absolute atomic E-state index is 0.199. The number of hydrogen-bond acceptors (Lipinski definition) is 0. The van der Waals surface area contributed by atoms with E-state index in [2.05, 4.69) is 524 Å². The number of rotatable bonds is 5. The van der Waals surface area contributed by atoms with E-state index in [0.29, 0.717) is 0 Å². The van der Waals surface area contributed by atoms with Crippen molar-refractivity contribution in [1.82, 2.24) is 22.8 Å². The van der Waals surface area contributed by atoms with Crippen molar-refractivity contribution in [1.29, 1.82) is 0 Å². The van der Waals surface area contributed by atoms with Gasteiger partial charge in [0.15, 0.2) is 0 Å². The van der Waals surface area contributed by atoms with E-state index >= 15 is 0 Å². The molecule has 0 saturated carbocycles. The molecule has 24 aromatic rings. The monoisotopic (exact) mass is 1700 g/mol. The van der Waals surface area contributed by atoms with Gasteiger partial charge in [0.25, 0.3) is 0 Å². The first kappa shape index (κ1) is 83.1. The van der Waals surface area contributed by atoms with Gasteiger partial charge in [0.05, 0.1) is 60.6 Å². The van der Waals surface area contributed by atoms with E-state index in [0.717, 1.165) is 0 Å². The highest BCUT2D eigenvalue weighted by molar-refractivity contribution is 6.14. The fourth-order valence-electron chi connectivity index (χ4n) is 21.3. The lowest BCUT2D eigenvalue weighted by Crippen LogP contribution is -2.25. The molecular formula is C127H105N5. The Labute approximate surface area is 773 Å². The summed E-state index contributed by atoms with van der Waals surface area (Å²) < 4.78 is 11.8. The summed E-state index contributed by atoms with van der Waals surface area (Å²) in [6.07, 6.45) is 0. The maximum absolute atomic E-state index is 2.37. The van der Waals surface area contributed by atoms with Gasteiger partial charge in [0, 0.05) is 82.3 Å². The molecule has 0 amide bonds. The number of nitrogens with zero attached hydrogens (tertiary/aromatic N) is 5. The molecule has 0 bridgehead atoms. The van der Waals surface area contributed by atoms with E-state index in [-0.39, 0.29) is 5.41 Å². The number of benzene rings is 19. The molecule has 2 aliphatic carbocycles. The summed E-state index contributed by atoms with van der Waals surface area (Å²) in [7, 11) is 0. The Hall–Kier alpha value is -15.8. The van der Waals surface area contributed by atoms with Crippen LogP contribution in [-0.2, 0) is 5.41 Å². The van der Waals surface area contributed by atoms with Crippen LogP contribution < -0.4 is 0 Å². The summed E-state index contributed by atoms with van der Waals surface area (Å²) in [5.74, 6) is 0. The lowest BCUT2D eigenvalue weighted by molar-refractivity contribution is 0.793. The molecule has 5 aromatic heterocycles. The lowest BCUT2D eigenvalue weighted by atomic mass is 9.70. The van der Waals surface area contributed by atoms with Crippen molar-refractivity contribution >= 4 is 109 Å². The van der Waals surface area contributed by atoms with Crippen LogP contribution in [0.4, 0.5) is 0 Å². The van der Waals surface area contributed by atoms with E-state index < -0.39 is 0 Å². The number of fused-ring (bicyclic) bond motifs is 25. The predicted octanol–water partition coefficient (Wildman–Crippen LogP) is 33.6. The van der Waals surface area contributed by atoms with Crippen LogP contribution in [0.25, 0.3) is 160 Å². The summed E-state index contributed by atoms with van der Waals surface area (Å²) in [6.45, 7) is 26.0. The molecule has 5 heterocycles. The third-order valence-electron chi connectivity index (χ3n) is 27.3. The predicted molar refractivity (Wildman–Crippen MR) is 563 cm³/mol. The second-order valence-corrected chi connectivity index (χ2v) is 36.2. The van der Waals surface area contributed by atoms with E-state index in [1.807, 2.05) is 0 Å². The Bertz CT molecular complexity index is 8470. The molecule has 0 saturated heterocycles.